The largest absolute Gasteiger partial charge is 0.391 e. The lowest BCUT2D eigenvalue weighted by Crippen LogP contribution is -1.89. The number of rotatable bonds is 2. The first-order chi connectivity index (χ1) is 7.08. The van der Waals surface area contributed by atoms with Gasteiger partial charge in [0.25, 0.3) is 5.89 Å². The Morgan fingerprint density at radius 3 is 2.67 bits per heavy atom. The van der Waals surface area contributed by atoms with Gasteiger partial charge in [0.2, 0.25) is 0 Å². The highest BCUT2D eigenvalue weighted by atomic mass is 32.1. The molecule has 0 aliphatic heterocycles. The van der Waals surface area contributed by atoms with Gasteiger partial charge in [-0.15, -0.1) is 11.3 Å². The number of hydrogen-bond donors (Lipinski definition) is 1. The molecule has 0 bridgehead atoms. The fourth-order valence-electron chi connectivity index (χ4n) is 1.28. The molecule has 4 nitrogen and oxygen atoms in total. The van der Waals surface area contributed by atoms with Gasteiger partial charge in [0.15, 0.2) is 5.82 Å². The van der Waals surface area contributed by atoms with E-state index in [9.17, 15) is 0 Å². The Bertz CT molecular complexity index is 473. The summed E-state index contributed by atoms with van der Waals surface area (Å²) in [6.45, 7) is 6.05. The molecule has 0 fully saturated rings. The van der Waals surface area contributed by atoms with Crippen LogP contribution >= 0.6 is 11.3 Å². The molecular formula is C10H13N3OS. The smallest absolute Gasteiger partial charge is 0.268 e. The third-order valence-electron chi connectivity index (χ3n) is 2.09. The summed E-state index contributed by atoms with van der Waals surface area (Å²) in [5.74, 6) is 1.58. The van der Waals surface area contributed by atoms with Crippen molar-refractivity contribution in [3.63, 3.8) is 0 Å². The molecule has 0 radical (unpaired) electrons. The van der Waals surface area contributed by atoms with Crippen LogP contribution in [0.4, 0.5) is 5.00 Å². The van der Waals surface area contributed by atoms with Gasteiger partial charge in [0, 0.05) is 5.92 Å². The molecule has 2 heterocycles. The minimum Gasteiger partial charge on any atom is -0.391 e. The number of aryl methyl sites for hydroxylation is 1. The maximum absolute atomic E-state index is 5.71. The SMILES string of the molecule is Cc1cc(N)sc1-c1nc(C(C)C)no1. The van der Waals surface area contributed by atoms with E-state index in [0.29, 0.717) is 5.89 Å². The first-order valence-electron chi connectivity index (χ1n) is 4.78. The van der Waals surface area contributed by atoms with E-state index in [1.807, 2.05) is 26.8 Å². The van der Waals surface area contributed by atoms with Crippen molar-refractivity contribution < 1.29 is 4.52 Å². The average Bonchev–Trinajstić information content (AvgIpc) is 2.71. The molecule has 0 aromatic carbocycles. The van der Waals surface area contributed by atoms with Gasteiger partial charge in [0.05, 0.1) is 9.88 Å². The summed E-state index contributed by atoms with van der Waals surface area (Å²) in [7, 11) is 0. The zero-order valence-corrected chi connectivity index (χ0v) is 9.76. The number of hydrogen-bond acceptors (Lipinski definition) is 5. The third kappa shape index (κ3) is 1.87. The van der Waals surface area contributed by atoms with Gasteiger partial charge in [-0.3, -0.25) is 0 Å². The maximum atomic E-state index is 5.71. The summed E-state index contributed by atoms with van der Waals surface area (Å²) in [5, 5.41) is 4.69. The summed E-state index contributed by atoms with van der Waals surface area (Å²) in [4.78, 5) is 5.30. The molecule has 0 aliphatic carbocycles. The third-order valence-corrected chi connectivity index (χ3v) is 3.14. The quantitative estimate of drug-likeness (QED) is 0.850. The Labute approximate surface area is 92.1 Å². The van der Waals surface area contributed by atoms with E-state index in [0.717, 1.165) is 21.3 Å². The summed E-state index contributed by atoms with van der Waals surface area (Å²) >= 11 is 1.47. The van der Waals surface area contributed by atoms with E-state index in [-0.39, 0.29) is 5.92 Å². The lowest BCUT2D eigenvalue weighted by Gasteiger charge is -1.92. The molecule has 0 saturated heterocycles. The minimum atomic E-state index is 0.278. The van der Waals surface area contributed by atoms with Gasteiger partial charge in [-0.05, 0) is 18.6 Å². The molecule has 0 unspecified atom stereocenters. The maximum Gasteiger partial charge on any atom is 0.268 e. The van der Waals surface area contributed by atoms with Crippen molar-refractivity contribution in [2.45, 2.75) is 26.7 Å². The van der Waals surface area contributed by atoms with Crippen LogP contribution < -0.4 is 5.73 Å². The zero-order valence-electron chi connectivity index (χ0n) is 8.94. The molecule has 15 heavy (non-hydrogen) atoms. The average molecular weight is 223 g/mol. The van der Waals surface area contributed by atoms with Crippen LogP contribution in [0.1, 0.15) is 31.2 Å². The number of anilines is 1. The standard InChI is InChI=1S/C10H13N3OS/c1-5(2)9-12-10(14-13-9)8-6(3)4-7(11)15-8/h4-5H,11H2,1-3H3. The Hall–Kier alpha value is -1.36. The topological polar surface area (TPSA) is 64.9 Å². The predicted molar refractivity (Wildman–Crippen MR) is 60.8 cm³/mol. The number of thiophene rings is 1. The summed E-state index contributed by atoms with van der Waals surface area (Å²) < 4.78 is 5.20. The van der Waals surface area contributed by atoms with Gasteiger partial charge in [-0.2, -0.15) is 4.98 Å². The zero-order chi connectivity index (χ0) is 11.0. The van der Waals surface area contributed by atoms with Crippen LogP contribution in [0.3, 0.4) is 0 Å². The monoisotopic (exact) mass is 223 g/mol. The van der Waals surface area contributed by atoms with Crippen molar-refractivity contribution in [2.75, 3.05) is 5.73 Å². The first-order valence-corrected chi connectivity index (χ1v) is 5.59. The minimum absolute atomic E-state index is 0.278. The second-order valence-corrected chi connectivity index (χ2v) is 4.86. The van der Waals surface area contributed by atoms with Crippen LogP contribution in [0.5, 0.6) is 0 Å². The normalized spacial score (nSPS) is 11.2. The highest BCUT2D eigenvalue weighted by Crippen LogP contribution is 2.33. The number of nitrogens with two attached hydrogens (primary N) is 1. The fraction of sp³-hybridized carbons (Fsp3) is 0.400. The molecule has 0 aliphatic rings. The van der Waals surface area contributed by atoms with E-state index in [4.69, 9.17) is 10.3 Å². The van der Waals surface area contributed by atoms with Gasteiger partial charge >= 0.3 is 0 Å². The number of nitrogen functional groups attached to an aromatic ring is 1. The van der Waals surface area contributed by atoms with Crippen LogP contribution in [0.25, 0.3) is 10.8 Å². The molecule has 2 aromatic rings. The lowest BCUT2D eigenvalue weighted by atomic mass is 10.2. The molecule has 0 amide bonds. The Morgan fingerprint density at radius 2 is 2.20 bits per heavy atom. The second-order valence-electron chi connectivity index (χ2n) is 3.77. The summed E-state index contributed by atoms with van der Waals surface area (Å²) in [5.41, 5.74) is 6.79. The molecule has 0 spiro atoms. The Balaban J connectivity index is 2.41. The van der Waals surface area contributed by atoms with Crippen molar-refractivity contribution >= 4 is 16.3 Å². The van der Waals surface area contributed by atoms with Crippen molar-refractivity contribution in [1.29, 1.82) is 0 Å². The van der Waals surface area contributed by atoms with E-state index in [1.165, 1.54) is 11.3 Å². The van der Waals surface area contributed by atoms with Crippen molar-refractivity contribution in [3.05, 3.63) is 17.5 Å². The van der Waals surface area contributed by atoms with Gasteiger partial charge in [-0.25, -0.2) is 0 Å². The molecule has 80 valence electrons. The lowest BCUT2D eigenvalue weighted by molar-refractivity contribution is 0.420. The van der Waals surface area contributed by atoms with Crippen LogP contribution in [0.15, 0.2) is 10.6 Å². The number of nitrogens with zero attached hydrogens (tertiary/aromatic N) is 2. The summed E-state index contributed by atoms with van der Waals surface area (Å²) in [6, 6.07) is 1.92. The molecule has 0 saturated carbocycles. The van der Waals surface area contributed by atoms with Gasteiger partial charge in [-0.1, -0.05) is 19.0 Å². The molecule has 2 rings (SSSR count). The van der Waals surface area contributed by atoms with E-state index in [2.05, 4.69) is 10.1 Å². The van der Waals surface area contributed by atoms with Crippen molar-refractivity contribution in [2.24, 2.45) is 0 Å². The highest BCUT2D eigenvalue weighted by molar-refractivity contribution is 7.19. The highest BCUT2D eigenvalue weighted by Gasteiger charge is 2.15. The molecular weight excluding hydrogens is 210 g/mol. The first kappa shape index (κ1) is 10.2. The van der Waals surface area contributed by atoms with E-state index >= 15 is 0 Å². The Morgan fingerprint density at radius 1 is 1.47 bits per heavy atom. The number of aromatic nitrogens is 2. The predicted octanol–water partition coefficient (Wildman–Crippen LogP) is 2.81. The summed E-state index contributed by atoms with van der Waals surface area (Å²) in [6.07, 6.45) is 0. The van der Waals surface area contributed by atoms with E-state index < -0.39 is 0 Å². The van der Waals surface area contributed by atoms with Crippen molar-refractivity contribution in [3.8, 4) is 10.8 Å². The van der Waals surface area contributed by atoms with E-state index in [1.54, 1.807) is 0 Å². The Kier molecular flexibility index (Phi) is 2.48. The van der Waals surface area contributed by atoms with Crippen LogP contribution in [-0.4, -0.2) is 10.1 Å². The van der Waals surface area contributed by atoms with Crippen LogP contribution in [0, 0.1) is 6.92 Å². The van der Waals surface area contributed by atoms with Crippen molar-refractivity contribution in [1.82, 2.24) is 10.1 Å². The van der Waals surface area contributed by atoms with Gasteiger partial charge in [0.1, 0.15) is 0 Å². The van der Waals surface area contributed by atoms with Crippen LogP contribution in [0.2, 0.25) is 0 Å². The van der Waals surface area contributed by atoms with Gasteiger partial charge < -0.3 is 10.3 Å². The molecule has 2 aromatic heterocycles. The second kappa shape index (κ2) is 3.66. The molecule has 0 atom stereocenters. The molecule has 2 N–H and O–H groups in total. The van der Waals surface area contributed by atoms with Crippen LogP contribution in [-0.2, 0) is 0 Å². The molecule has 5 heteroatoms. The fourth-order valence-corrected chi connectivity index (χ4v) is 2.14.